The maximum Gasteiger partial charge on any atom is 0.312 e. The van der Waals surface area contributed by atoms with Gasteiger partial charge in [0.15, 0.2) is 0 Å². The lowest BCUT2D eigenvalue weighted by Crippen LogP contribution is -2.42. The topological polar surface area (TPSA) is 80.7 Å². The van der Waals surface area contributed by atoms with E-state index in [0.29, 0.717) is 12.8 Å². The van der Waals surface area contributed by atoms with E-state index in [0.717, 1.165) is 12.7 Å². The van der Waals surface area contributed by atoms with Gasteiger partial charge in [0.05, 0.1) is 18.3 Å². The maximum atomic E-state index is 10.7. The molecule has 0 aromatic rings. The van der Waals surface area contributed by atoms with Gasteiger partial charge in [-0.1, -0.05) is 6.42 Å². The van der Waals surface area contributed by atoms with Gasteiger partial charge in [0.1, 0.15) is 0 Å². The Labute approximate surface area is 76.8 Å². The highest BCUT2D eigenvalue weighted by Crippen LogP contribution is 2.41. The molecule has 1 rings (SSSR count). The van der Waals surface area contributed by atoms with E-state index in [9.17, 15) is 13.2 Å². The van der Waals surface area contributed by atoms with Crippen molar-refractivity contribution in [3.8, 4) is 0 Å². The summed E-state index contributed by atoms with van der Waals surface area (Å²) in [4.78, 5) is 10.7. The molecule has 0 unspecified atom stereocenters. The Balaban J connectivity index is 2.56. The van der Waals surface area contributed by atoms with Gasteiger partial charge in [-0.05, 0) is 12.8 Å². The van der Waals surface area contributed by atoms with Gasteiger partial charge >= 0.3 is 5.97 Å². The monoisotopic (exact) mass is 208 g/mol. The Morgan fingerprint density at radius 1 is 1.54 bits per heavy atom. The summed E-state index contributed by atoms with van der Waals surface area (Å²) in [6, 6.07) is 0. The number of rotatable bonds is 4. The fourth-order valence-corrected chi connectivity index (χ4v) is 1.68. The van der Waals surface area contributed by atoms with E-state index in [1.807, 2.05) is 0 Å². The van der Waals surface area contributed by atoms with Crippen molar-refractivity contribution in [1.29, 1.82) is 0 Å². The highest BCUT2D eigenvalue weighted by Gasteiger charge is 2.45. The van der Waals surface area contributed by atoms with Gasteiger partial charge < -0.3 is 5.11 Å². The molecule has 0 bridgehead atoms. The molecule has 0 amide bonds. The molecule has 0 aromatic heterocycles. The minimum Gasteiger partial charge on any atom is -0.481 e. The minimum atomic E-state index is -3.53. The lowest BCUT2D eigenvalue weighted by molar-refractivity contribution is -0.156. The summed E-state index contributed by atoms with van der Waals surface area (Å²) >= 11 is 0. The molecule has 0 aromatic carbocycles. The number of aliphatic carboxylic acids is 1. The van der Waals surface area contributed by atoms with Crippen LogP contribution in [0.5, 0.6) is 0 Å². The fraction of sp³-hybridized carbons (Fsp3) is 0.857. The zero-order chi connectivity index (χ0) is 10.1. The maximum absolute atomic E-state index is 10.7. The van der Waals surface area contributed by atoms with Crippen LogP contribution in [0.4, 0.5) is 0 Å². The van der Waals surface area contributed by atoms with E-state index < -0.39 is 21.5 Å². The van der Waals surface area contributed by atoms with Gasteiger partial charge in [-0.25, -0.2) is 0 Å². The van der Waals surface area contributed by atoms with Crippen molar-refractivity contribution in [3.63, 3.8) is 0 Å². The molecule has 5 nitrogen and oxygen atoms in total. The van der Waals surface area contributed by atoms with E-state index in [2.05, 4.69) is 4.18 Å². The Morgan fingerprint density at radius 3 is 2.31 bits per heavy atom. The van der Waals surface area contributed by atoms with Crippen LogP contribution < -0.4 is 0 Å². The van der Waals surface area contributed by atoms with Gasteiger partial charge in [-0.15, -0.1) is 0 Å². The van der Waals surface area contributed by atoms with Gasteiger partial charge in [0, 0.05) is 0 Å². The van der Waals surface area contributed by atoms with Crippen LogP contribution in [0.3, 0.4) is 0 Å². The van der Waals surface area contributed by atoms with Crippen LogP contribution in [-0.2, 0) is 19.1 Å². The molecule has 0 heterocycles. The fourth-order valence-electron chi connectivity index (χ4n) is 1.24. The number of hydrogen-bond donors (Lipinski definition) is 1. The van der Waals surface area contributed by atoms with Crippen molar-refractivity contribution in [1.82, 2.24) is 0 Å². The molecule has 0 radical (unpaired) electrons. The van der Waals surface area contributed by atoms with Crippen molar-refractivity contribution < 1.29 is 22.5 Å². The molecule has 76 valence electrons. The second-order valence-electron chi connectivity index (χ2n) is 3.41. The third kappa shape index (κ3) is 2.41. The summed E-state index contributed by atoms with van der Waals surface area (Å²) < 4.78 is 25.7. The standard InChI is InChI=1S/C7H12O5S/c1-13(10,11)12-5-7(6(8)9)3-2-4-7/h2-5H2,1H3,(H,8,9). The first-order chi connectivity index (χ1) is 5.86. The van der Waals surface area contributed by atoms with Crippen LogP contribution in [0.25, 0.3) is 0 Å². The average molecular weight is 208 g/mol. The van der Waals surface area contributed by atoms with Crippen molar-refractivity contribution in [2.24, 2.45) is 5.41 Å². The summed E-state index contributed by atoms with van der Waals surface area (Å²) in [5.74, 6) is -0.970. The third-order valence-electron chi connectivity index (χ3n) is 2.31. The normalized spacial score (nSPS) is 20.7. The summed E-state index contributed by atoms with van der Waals surface area (Å²) in [6.45, 7) is -0.235. The lowest BCUT2D eigenvalue weighted by atomic mass is 9.69. The molecular formula is C7H12O5S. The predicted molar refractivity (Wildman–Crippen MR) is 44.7 cm³/mol. The summed E-state index contributed by atoms with van der Waals surface area (Å²) in [7, 11) is -3.53. The van der Waals surface area contributed by atoms with E-state index in [1.54, 1.807) is 0 Å². The molecule has 1 fully saturated rings. The molecule has 1 aliphatic carbocycles. The molecule has 6 heteroatoms. The van der Waals surface area contributed by atoms with Crippen LogP contribution >= 0.6 is 0 Å². The Bertz CT molecular complexity index is 301. The summed E-state index contributed by atoms with van der Waals surface area (Å²) in [6.07, 6.45) is 2.73. The Morgan fingerprint density at radius 2 is 2.08 bits per heavy atom. The van der Waals surface area contributed by atoms with Crippen LogP contribution in [0, 0.1) is 5.41 Å². The van der Waals surface area contributed by atoms with Crippen molar-refractivity contribution in [2.45, 2.75) is 19.3 Å². The molecule has 13 heavy (non-hydrogen) atoms. The Kier molecular flexibility index (Phi) is 2.63. The molecule has 0 spiro atoms. The van der Waals surface area contributed by atoms with Crippen molar-refractivity contribution in [2.75, 3.05) is 12.9 Å². The second-order valence-corrected chi connectivity index (χ2v) is 5.05. The predicted octanol–water partition coefficient (Wildman–Crippen LogP) is 0.217. The first-order valence-electron chi connectivity index (χ1n) is 3.94. The molecule has 1 saturated carbocycles. The third-order valence-corrected chi connectivity index (χ3v) is 2.86. The van der Waals surface area contributed by atoms with Gasteiger partial charge in [-0.3, -0.25) is 8.98 Å². The first-order valence-corrected chi connectivity index (χ1v) is 5.75. The molecule has 1 N–H and O–H groups in total. The highest BCUT2D eigenvalue weighted by atomic mass is 32.2. The number of carboxylic acid groups (broad SMARTS) is 1. The number of hydrogen-bond acceptors (Lipinski definition) is 4. The van der Waals surface area contributed by atoms with Gasteiger partial charge in [0.2, 0.25) is 0 Å². The zero-order valence-corrected chi connectivity index (χ0v) is 8.13. The smallest absolute Gasteiger partial charge is 0.312 e. The minimum absolute atomic E-state index is 0.235. The van der Waals surface area contributed by atoms with E-state index in [4.69, 9.17) is 5.11 Å². The molecule has 1 aliphatic rings. The number of carboxylic acids is 1. The lowest BCUT2D eigenvalue weighted by Gasteiger charge is -2.36. The highest BCUT2D eigenvalue weighted by molar-refractivity contribution is 7.85. The van der Waals surface area contributed by atoms with Crippen LogP contribution in [0.15, 0.2) is 0 Å². The first kappa shape index (κ1) is 10.5. The SMILES string of the molecule is CS(=O)(=O)OCC1(C(=O)O)CCC1. The van der Waals surface area contributed by atoms with Crippen molar-refractivity contribution >= 4 is 16.1 Å². The van der Waals surface area contributed by atoms with E-state index >= 15 is 0 Å². The quantitative estimate of drug-likeness (QED) is 0.668. The van der Waals surface area contributed by atoms with E-state index in [1.165, 1.54) is 0 Å². The number of carbonyl (C=O) groups is 1. The molecule has 0 saturated heterocycles. The van der Waals surface area contributed by atoms with Crippen LogP contribution in [0.2, 0.25) is 0 Å². The summed E-state index contributed by atoms with van der Waals surface area (Å²) in [5, 5.41) is 8.81. The summed E-state index contributed by atoms with van der Waals surface area (Å²) in [5.41, 5.74) is -0.955. The van der Waals surface area contributed by atoms with E-state index in [-0.39, 0.29) is 6.61 Å². The van der Waals surface area contributed by atoms with Crippen LogP contribution in [0.1, 0.15) is 19.3 Å². The van der Waals surface area contributed by atoms with Crippen molar-refractivity contribution in [3.05, 3.63) is 0 Å². The van der Waals surface area contributed by atoms with Gasteiger partial charge in [0.25, 0.3) is 10.1 Å². The average Bonchev–Trinajstić information content (AvgIpc) is 1.80. The second kappa shape index (κ2) is 3.26. The van der Waals surface area contributed by atoms with Gasteiger partial charge in [-0.2, -0.15) is 8.42 Å². The zero-order valence-electron chi connectivity index (χ0n) is 7.32. The van der Waals surface area contributed by atoms with Crippen LogP contribution in [-0.4, -0.2) is 32.4 Å². The molecular weight excluding hydrogens is 196 g/mol. The largest absolute Gasteiger partial charge is 0.481 e. The Hall–Kier alpha value is -0.620. The molecule has 0 aliphatic heterocycles. The molecule has 0 atom stereocenters.